The van der Waals surface area contributed by atoms with Gasteiger partial charge >= 0.3 is 6.03 Å². The number of hydrogen-bond acceptors (Lipinski definition) is 2. The fourth-order valence-corrected chi connectivity index (χ4v) is 4.02. The van der Waals surface area contributed by atoms with Crippen LogP contribution in [-0.2, 0) is 13.5 Å². The van der Waals surface area contributed by atoms with E-state index in [2.05, 4.69) is 22.2 Å². The molecule has 3 unspecified atom stereocenters. The Morgan fingerprint density at radius 3 is 3.00 bits per heavy atom. The highest BCUT2D eigenvalue weighted by Crippen LogP contribution is 2.39. The Balaban J connectivity index is 1.51. The molecular formula is C16H26N4O. The topological polar surface area (TPSA) is 50.2 Å². The molecule has 2 heterocycles. The van der Waals surface area contributed by atoms with E-state index in [4.69, 9.17) is 0 Å². The number of carbonyl (C=O) groups excluding carboxylic acids is 1. The van der Waals surface area contributed by atoms with E-state index in [0.29, 0.717) is 18.5 Å². The lowest BCUT2D eigenvalue weighted by molar-refractivity contribution is 0.169. The van der Waals surface area contributed by atoms with Gasteiger partial charge in [-0.3, -0.25) is 4.68 Å². The molecule has 1 aliphatic carbocycles. The van der Waals surface area contributed by atoms with Crippen molar-refractivity contribution in [2.75, 3.05) is 13.1 Å². The Kier molecular flexibility index (Phi) is 4.17. The van der Waals surface area contributed by atoms with Crippen molar-refractivity contribution in [2.24, 2.45) is 18.9 Å². The van der Waals surface area contributed by atoms with Crippen molar-refractivity contribution in [3.05, 3.63) is 18.0 Å². The maximum Gasteiger partial charge on any atom is 0.317 e. The molecule has 1 aromatic rings. The van der Waals surface area contributed by atoms with E-state index in [-0.39, 0.29) is 6.03 Å². The SMILES string of the molecule is CC1CN(C(=O)NCCc2cnn(C)c2)C2CCCCC12. The smallest absolute Gasteiger partial charge is 0.317 e. The third-order valence-corrected chi connectivity index (χ3v) is 5.11. The number of urea groups is 1. The van der Waals surface area contributed by atoms with Gasteiger partial charge in [-0.2, -0.15) is 5.10 Å². The zero-order valence-corrected chi connectivity index (χ0v) is 13.1. The maximum absolute atomic E-state index is 12.4. The Bertz CT molecular complexity index is 498. The van der Waals surface area contributed by atoms with Gasteiger partial charge in [0, 0.05) is 32.4 Å². The molecule has 21 heavy (non-hydrogen) atoms. The molecule has 5 nitrogen and oxygen atoms in total. The van der Waals surface area contributed by atoms with Crippen molar-refractivity contribution in [1.29, 1.82) is 0 Å². The molecule has 0 spiro atoms. The maximum atomic E-state index is 12.4. The van der Waals surface area contributed by atoms with Crippen LogP contribution in [0.4, 0.5) is 4.79 Å². The molecule has 1 aromatic heterocycles. The monoisotopic (exact) mass is 290 g/mol. The van der Waals surface area contributed by atoms with Gasteiger partial charge in [-0.1, -0.05) is 19.8 Å². The van der Waals surface area contributed by atoms with Crippen LogP contribution in [0.25, 0.3) is 0 Å². The zero-order valence-electron chi connectivity index (χ0n) is 13.1. The summed E-state index contributed by atoms with van der Waals surface area (Å²) in [6, 6.07) is 0.604. The highest BCUT2D eigenvalue weighted by atomic mass is 16.2. The van der Waals surface area contributed by atoms with Crippen LogP contribution in [0.3, 0.4) is 0 Å². The van der Waals surface area contributed by atoms with E-state index in [9.17, 15) is 4.79 Å². The third-order valence-electron chi connectivity index (χ3n) is 5.11. The van der Waals surface area contributed by atoms with E-state index < -0.39 is 0 Å². The summed E-state index contributed by atoms with van der Waals surface area (Å²) in [6.07, 6.45) is 9.80. The molecule has 1 saturated carbocycles. The average molecular weight is 290 g/mol. The van der Waals surface area contributed by atoms with Crippen molar-refractivity contribution >= 4 is 6.03 Å². The molecule has 116 valence electrons. The Morgan fingerprint density at radius 1 is 1.43 bits per heavy atom. The number of amides is 2. The van der Waals surface area contributed by atoms with Gasteiger partial charge in [0.15, 0.2) is 0 Å². The number of rotatable bonds is 3. The standard InChI is InChI=1S/C16H26N4O/c1-12-10-20(15-6-4-3-5-14(12)15)16(21)17-8-7-13-9-18-19(2)11-13/h9,11-12,14-15H,3-8,10H2,1-2H3,(H,17,21). The van der Waals surface area contributed by atoms with E-state index in [1.54, 1.807) is 4.68 Å². The van der Waals surface area contributed by atoms with Crippen LogP contribution in [0.15, 0.2) is 12.4 Å². The number of nitrogens with one attached hydrogen (secondary N) is 1. The minimum atomic E-state index is 0.125. The summed E-state index contributed by atoms with van der Waals surface area (Å²) in [5, 5.41) is 7.24. The first-order valence-corrected chi connectivity index (χ1v) is 8.17. The second-order valence-corrected chi connectivity index (χ2v) is 6.65. The molecule has 2 aliphatic rings. The van der Waals surface area contributed by atoms with E-state index in [1.807, 2.05) is 19.4 Å². The largest absolute Gasteiger partial charge is 0.338 e. The van der Waals surface area contributed by atoms with Gasteiger partial charge in [0.2, 0.25) is 0 Å². The van der Waals surface area contributed by atoms with Crippen LogP contribution >= 0.6 is 0 Å². The fourth-order valence-electron chi connectivity index (χ4n) is 4.02. The first-order chi connectivity index (χ1) is 10.1. The van der Waals surface area contributed by atoms with E-state index in [0.717, 1.165) is 18.9 Å². The lowest BCUT2D eigenvalue weighted by Gasteiger charge is -2.32. The number of fused-ring (bicyclic) bond motifs is 1. The zero-order chi connectivity index (χ0) is 14.8. The molecule has 1 saturated heterocycles. The summed E-state index contributed by atoms with van der Waals surface area (Å²) < 4.78 is 1.80. The summed E-state index contributed by atoms with van der Waals surface area (Å²) >= 11 is 0. The van der Waals surface area contributed by atoms with Gasteiger partial charge in [-0.05, 0) is 36.7 Å². The van der Waals surface area contributed by atoms with Crippen LogP contribution < -0.4 is 5.32 Å². The van der Waals surface area contributed by atoms with Crippen LogP contribution in [0.2, 0.25) is 0 Å². The normalized spacial score (nSPS) is 28.5. The Labute approximate surface area is 126 Å². The van der Waals surface area contributed by atoms with Gasteiger partial charge in [-0.15, -0.1) is 0 Å². The quantitative estimate of drug-likeness (QED) is 0.927. The van der Waals surface area contributed by atoms with Gasteiger partial charge in [0.05, 0.1) is 6.20 Å². The second-order valence-electron chi connectivity index (χ2n) is 6.65. The molecule has 1 N–H and O–H groups in total. The Morgan fingerprint density at radius 2 is 2.24 bits per heavy atom. The number of hydrogen-bond donors (Lipinski definition) is 1. The molecular weight excluding hydrogens is 264 g/mol. The van der Waals surface area contributed by atoms with Crippen LogP contribution in [-0.4, -0.2) is 39.8 Å². The molecule has 1 aliphatic heterocycles. The van der Waals surface area contributed by atoms with Crippen LogP contribution in [0, 0.1) is 11.8 Å². The predicted molar refractivity (Wildman–Crippen MR) is 81.9 cm³/mol. The number of likely N-dealkylation sites (tertiary alicyclic amines) is 1. The second kappa shape index (κ2) is 6.08. The summed E-state index contributed by atoms with van der Waals surface area (Å²) in [4.78, 5) is 14.5. The lowest BCUT2D eigenvalue weighted by Crippen LogP contribution is -2.45. The molecule has 5 heteroatoms. The van der Waals surface area contributed by atoms with Crippen molar-refractivity contribution in [3.63, 3.8) is 0 Å². The minimum Gasteiger partial charge on any atom is -0.338 e. The van der Waals surface area contributed by atoms with Crippen molar-refractivity contribution in [3.8, 4) is 0 Å². The number of aryl methyl sites for hydroxylation is 1. The first kappa shape index (κ1) is 14.4. The highest BCUT2D eigenvalue weighted by Gasteiger charge is 2.42. The molecule has 3 rings (SSSR count). The number of nitrogens with zero attached hydrogens (tertiary/aromatic N) is 3. The van der Waals surface area contributed by atoms with Gasteiger partial charge in [0.1, 0.15) is 0 Å². The van der Waals surface area contributed by atoms with Crippen molar-refractivity contribution in [2.45, 2.75) is 45.1 Å². The van der Waals surface area contributed by atoms with Gasteiger partial charge in [0.25, 0.3) is 0 Å². The lowest BCUT2D eigenvalue weighted by atomic mass is 9.80. The number of aromatic nitrogens is 2. The molecule has 2 fully saturated rings. The molecule has 0 aromatic carbocycles. The Hall–Kier alpha value is -1.52. The van der Waals surface area contributed by atoms with Crippen LogP contribution in [0.5, 0.6) is 0 Å². The first-order valence-electron chi connectivity index (χ1n) is 8.17. The van der Waals surface area contributed by atoms with Crippen LogP contribution in [0.1, 0.15) is 38.2 Å². The fraction of sp³-hybridized carbons (Fsp3) is 0.750. The van der Waals surface area contributed by atoms with Crippen molar-refractivity contribution < 1.29 is 4.79 Å². The number of carbonyl (C=O) groups is 1. The van der Waals surface area contributed by atoms with E-state index in [1.165, 1.54) is 31.2 Å². The van der Waals surface area contributed by atoms with E-state index >= 15 is 0 Å². The van der Waals surface area contributed by atoms with Gasteiger partial charge in [-0.25, -0.2) is 4.79 Å². The highest BCUT2D eigenvalue weighted by molar-refractivity contribution is 5.75. The predicted octanol–water partition coefficient (Wildman–Crippen LogP) is 2.18. The molecule has 0 bridgehead atoms. The third kappa shape index (κ3) is 3.06. The molecule has 2 amide bonds. The summed E-state index contributed by atoms with van der Waals surface area (Å²) in [7, 11) is 1.91. The van der Waals surface area contributed by atoms with Gasteiger partial charge < -0.3 is 10.2 Å². The molecule has 3 atom stereocenters. The minimum absolute atomic E-state index is 0.125. The summed E-state index contributed by atoms with van der Waals surface area (Å²) in [5.41, 5.74) is 1.17. The average Bonchev–Trinajstić information content (AvgIpc) is 3.04. The van der Waals surface area contributed by atoms with Crippen molar-refractivity contribution in [1.82, 2.24) is 20.0 Å². The molecule has 0 radical (unpaired) electrons. The summed E-state index contributed by atoms with van der Waals surface area (Å²) in [6.45, 7) is 3.91. The summed E-state index contributed by atoms with van der Waals surface area (Å²) in [5.74, 6) is 1.38.